The molecule has 16 heavy (non-hydrogen) atoms. The molecule has 1 aromatic rings. The van der Waals surface area contributed by atoms with Gasteiger partial charge in [-0.25, -0.2) is 4.39 Å². The summed E-state index contributed by atoms with van der Waals surface area (Å²) in [6.45, 7) is 5.46. The number of rotatable bonds is 5. The first-order valence-electron chi connectivity index (χ1n) is 5.19. The number of benzene rings is 1. The van der Waals surface area contributed by atoms with Gasteiger partial charge in [-0.05, 0) is 23.8 Å². The summed E-state index contributed by atoms with van der Waals surface area (Å²) in [7, 11) is 0. The molecule has 1 N–H and O–H groups in total. The van der Waals surface area contributed by atoms with E-state index in [9.17, 15) is 4.39 Å². The van der Waals surface area contributed by atoms with Crippen LogP contribution in [0.4, 0.5) is 4.39 Å². The van der Waals surface area contributed by atoms with Gasteiger partial charge in [0.1, 0.15) is 5.82 Å². The molecule has 0 aromatic heterocycles. The van der Waals surface area contributed by atoms with Crippen LogP contribution in [-0.2, 0) is 5.41 Å². The molecule has 0 radical (unpaired) electrons. The minimum atomic E-state index is -0.250. The summed E-state index contributed by atoms with van der Waals surface area (Å²) < 4.78 is 14.6. The summed E-state index contributed by atoms with van der Waals surface area (Å²) in [5.41, 5.74) is 0.462. The molecular weight excluding hydrogens is 292 g/mol. The average Bonchev–Trinajstić information content (AvgIpc) is 2.22. The van der Waals surface area contributed by atoms with E-state index in [0.717, 1.165) is 11.0 Å². The van der Waals surface area contributed by atoms with Crippen LogP contribution in [0, 0.1) is 5.82 Å². The van der Waals surface area contributed by atoms with Crippen LogP contribution in [0.3, 0.4) is 0 Å². The second-order valence-corrected chi connectivity index (χ2v) is 5.67. The highest BCUT2D eigenvalue weighted by molar-refractivity contribution is 9.10. The Bertz CT molecular complexity index is 355. The van der Waals surface area contributed by atoms with Crippen molar-refractivity contribution in [2.75, 3.05) is 19.0 Å². The molecule has 4 heteroatoms. The molecular formula is C12H16BrClFN. The molecule has 0 atom stereocenters. The first-order valence-corrected chi connectivity index (χ1v) is 6.52. The summed E-state index contributed by atoms with van der Waals surface area (Å²) in [5, 5.41) is 3.21. The summed E-state index contributed by atoms with van der Waals surface area (Å²) >= 11 is 8.95. The van der Waals surface area contributed by atoms with Gasteiger partial charge in [0.2, 0.25) is 0 Å². The van der Waals surface area contributed by atoms with Gasteiger partial charge in [-0.3, -0.25) is 0 Å². The van der Waals surface area contributed by atoms with E-state index in [1.807, 2.05) is 19.9 Å². The smallest absolute Gasteiger partial charge is 0.127 e. The van der Waals surface area contributed by atoms with E-state index in [-0.39, 0.29) is 11.2 Å². The monoisotopic (exact) mass is 307 g/mol. The lowest BCUT2D eigenvalue weighted by Crippen LogP contribution is -2.34. The van der Waals surface area contributed by atoms with E-state index in [0.29, 0.717) is 18.0 Å². The second-order valence-electron chi connectivity index (χ2n) is 4.37. The summed E-state index contributed by atoms with van der Waals surface area (Å²) in [6, 6.07) is 5.03. The van der Waals surface area contributed by atoms with Gasteiger partial charge in [0.05, 0.1) is 0 Å². The summed E-state index contributed by atoms with van der Waals surface area (Å²) in [5.74, 6) is 0.401. The van der Waals surface area contributed by atoms with Crippen LogP contribution in [0.5, 0.6) is 0 Å². The fourth-order valence-corrected chi connectivity index (χ4v) is 2.07. The SMILES string of the molecule is CC(C)(CNCCCl)c1cc(Br)ccc1F. The minimum Gasteiger partial charge on any atom is -0.315 e. The Balaban J connectivity index is 2.83. The molecule has 0 saturated carbocycles. The molecule has 1 rings (SSSR count). The van der Waals surface area contributed by atoms with Gasteiger partial charge in [-0.2, -0.15) is 0 Å². The molecule has 0 spiro atoms. The standard InChI is InChI=1S/C12H16BrClFN/c1-12(2,8-16-6-5-14)10-7-9(13)3-4-11(10)15/h3-4,7,16H,5-6,8H2,1-2H3. The van der Waals surface area contributed by atoms with Crippen LogP contribution in [0.2, 0.25) is 0 Å². The van der Waals surface area contributed by atoms with Crippen LogP contribution >= 0.6 is 27.5 Å². The van der Waals surface area contributed by atoms with Crippen molar-refractivity contribution in [2.45, 2.75) is 19.3 Å². The van der Waals surface area contributed by atoms with E-state index >= 15 is 0 Å². The Kier molecular flexibility index (Phi) is 5.22. The molecule has 0 aliphatic heterocycles. The van der Waals surface area contributed by atoms with Gasteiger partial charge in [0.25, 0.3) is 0 Å². The average molecular weight is 309 g/mol. The lowest BCUT2D eigenvalue weighted by molar-refractivity contribution is 0.451. The van der Waals surface area contributed by atoms with Gasteiger partial charge in [-0.15, -0.1) is 11.6 Å². The van der Waals surface area contributed by atoms with Crippen molar-refractivity contribution in [2.24, 2.45) is 0 Å². The maximum Gasteiger partial charge on any atom is 0.127 e. The van der Waals surface area contributed by atoms with E-state index in [1.54, 1.807) is 6.07 Å². The fraction of sp³-hybridized carbons (Fsp3) is 0.500. The van der Waals surface area contributed by atoms with Crippen molar-refractivity contribution in [3.63, 3.8) is 0 Å². The number of hydrogen-bond donors (Lipinski definition) is 1. The van der Waals surface area contributed by atoms with Crippen molar-refractivity contribution in [3.05, 3.63) is 34.1 Å². The predicted octanol–water partition coefficient (Wildman–Crippen LogP) is 3.69. The molecule has 1 aromatic carbocycles. The number of hydrogen-bond acceptors (Lipinski definition) is 1. The van der Waals surface area contributed by atoms with E-state index < -0.39 is 0 Å². The number of nitrogens with one attached hydrogen (secondary N) is 1. The Morgan fingerprint density at radius 3 is 2.75 bits per heavy atom. The maximum atomic E-state index is 13.7. The zero-order valence-corrected chi connectivity index (χ0v) is 11.8. The maximum absolute atomic E-state index is 13.7. The van der Waals surface area contributed by atoms with Crippen LogP contribution in [0.15, 0.2) is 22.7 Å². The molecule has 0 aliphatic rings. The number of alkyl halides is 1. The highest BCUT2D eigenvalue weighted by Crippen LogP contribution is 2.27. The Labute approximate surface area is 110 Å². The normalized spacial score (nSPS) is 11.8. The van der Waals surface area contributed by atoms with Gasteiger partial charge >= 0.3 is 0 Å². The van der Waals surface area contributed by atoms with Crippen LogP contribution in [0.1, 0.15) is 19.4 Å². The Morgan fingerprint density at radius 2 is 2.12 bits per heavy atom. The molecule has 0 fully saturated rings. The van der Waals surface area contributed by atoms with E-state index in [4.69, 9.17) is 11.6 Å². The minimum absolute atomic E-state index is 0.166. The third kappa shape index (κ3) is 3.72. The largest absolute Gasteiger partial charge is 0.315 e. The van der Waals surface area contributed by atoms with Gasteiger partial charge in [0, 0.05) is 28.9 Å². The van der Waals surface area contributed by atoms with E-state index in [1.165, 1.54) is 6.07 Å². The lowest BCUT2D eigenvalue weighted by atomic mass is 9.84. The third-order valence-electron chi connectivity index (χ3n) is 2.50. The van der Waals surface area contributed by atoms with Gasteiger partial charge in [-0.1, -0.05) is 29.8 Å². The van der Waals surface area contributed by atoms with Crippen molar-refractivity contribution < 1.29 is 4.39 Å². The third-order valence-corrected chi connectivity index (χ3v) is 3.18. The van der Waals surface area contributed by atoms with Gasteiger partial charge < -0.3 is 5.32 Å². The molecule has 0 aliphatic carbocycles. The first kappa shape index (κ1) is 13.9. The topological polar surface area (TPSA) is 12.0 Å². The molecule has 0 amide bonds. The van der Waals surface area contributed by atoms with Crippen molar-refractivity contribution >= 4 is 27.5 Å². The van der Waals surface area contributed by atoms with Crippen LogP contribution < -0.4 is 5.32 Å². The zero-order valence-electron chi connectivity index (χ0n) is 9.49. The Hall–Kier alpha value is -0.120. The quantitative estimate of drug-likeness (QED) is 0.646. The summed E-state index contributed by atoms with van der Waals surface area (Å²) in [4.78, 5) is 0. The highest BCUT2D eigenvalue weighted by atomic mass is 79.9. The Morgan fingerprint density at radius 1 is 1.44 bits per heavy atom. The predicted molar refractivity (Wildman–Crippen MR) is 70.7 cm³/mol. The molecule has 0 heterocycles. The first-order chi connectivity index (χ1) is 7.47. The number of halogens is 3. The van der Waals surface area contributed by atoms with E-state index in [2.05, 4.69) is 21.2 Å². The van der Waals surface area contributed by atoms with Crippen LogP contribution in [0.25, 0.3) is 0 Å². The van der Waals surface area contributed by atoms with Crippen molar-refractivity contribution in [3.8, 4) is 0 Å². The highest BCUT2D eigenvalue weighted by Gasteiger charge is 2.23. The fourth-order valence-electron chi connectivity index (χ4n) is 1.58. The molecule has 0 bridgehead atoms. The van der Waals surface area contributed by atoms with Gasteiger partial charge in [0.15, 0.2) is 0 Å². The van der Waals surface area contributed by atoms with Crippen molar-refractivity contribution in [1.82, 2.24) is 5.32 Å². The molecule has 0 unspecified atom stereocenters. The summed E-state index contributed by atoms with van der Waals surface area (Å²) in [6.07, 6.45) is 0. The molecule has 90 valence electrons. The molecule has 0 saturated heterocycles. The lowest BCUT2D eigenvalue weighted by Gasteiger charge is -2.26. The second kappa shape index (κ2) is 5.99. The van der Waals surface area contributed by atoms with Crippen molar-refractivity contribution in [1.29, 1.82) is 0 Å². The zero-order chi connectivity index (χ0) is 12.2. The van der Waals surface area contributed by atoms with Crippen LogP contribution in [-0.4, -0.2) is 19.0 Å². The molecule has 1 nitrogen and oxygen atoms in total.